The van der Waals surface area contributed by atoms with Gasteiger partial charge in [0.2, 0.25) is 0 Å². The van der Waals surface area contributed by atoms with Gasteiger partial charge in [-0.25, -0.2) is 4.39 Å². The van der Waals surface area contributed by atoms with Crippen molar-refractivity contribution >= 4 is 5.96 Å². The van der Waals surface area contributed by atoms with Crippen molar-refractivity contribution < 1.29 is 9.13 Å². The number of guanidine groups is 1. The van der Waals surface area contributed by atoms with Gasteiger partial charge < -0.3 is 15.4 Å². The Bertz CT molecular complexity index is 701. The van der Waals surface area contributed by atoms with E-state index in [-0.39, 0.29) is 11.9 Å². The summed E-state index contributed by atoms with van der Waals surface area (Å²) in [6.45, 7) is 6.31. The molecule has 0 bridgehead atoms. The van der Waals surface area contributed by atoms with E-state index < -0.39 is 0 Å². The minimum atomic E-state index is -0.296. The van der Waals surface area contributed by atoms with E-state index in [9.17, 15) is 4.39 Å². The van der Waals surface area contributed by atoms with Gasteiger partial charge >= 0.3 is 0 Å². The fourth-order valence-electron chi connectivity index (χ4n) is 2.47. The fraction of sp³-hybridized carbons (Fsp3) is 0.474. The van der Waals surface area contributed by atoms with E-state index in [1.54, 1.807) is 19.2 Å². The average molecular weight is 361 g/mol. The second-order valence-corrected chi connectivity index (χ2v) is 6.12. The van der Waals surface area contributed by atoms with Crippen molar-refractivity contribution in [1.29, 1.82) is 0 Å². The molecule has 0 aliphatic heterocycles. The second kappa shape index (κ2) is 10.4. The molecular formula is C19H28FN5O. The van der Waals surface area contributed by atoms with Crippen LogP contribution >= 0.6 is 0 Å². The summed E-state index contributed by atoms with van der Waals surface area (Å²) in [4.78, 5) is 4.22. The smallest absolute Gasteiger partial charge is 0.191 e. The van der Waals surface area contributed by atoms with Crippen LogP contribution in [0.1, 0.15) is 25.3 Å². The molecule has 7 heteroatoms. The Morgan fingerprint density at radius 2 is 2.23 bits per heavy atom. The van der Waals surface area contributed by atoms with Crippen LogP contribution in [0.5, 0.6) is 5.75 Å². The Balaban J connectivity index is 1.70. The first-order valence-corrected chi connectivity index (χ1v) is 8.96. The van der Waals surface area contributed by atoms with E-state index in [4.69, 9.17) is 4.74 Å². The minimum Gasteiger partial charge on any atom is -0.489 e. The van der Waals surface area contributed by atoms with Gasteiger partial charge in [-0.15, -0.1) is 0 Å². The lowest BCUT2D eigenvalue weighted by Gasteiger charge is -2.20. The Morgan fingerprint density at radius 3 is 2.88 bits per heavy atom. The summed E-state index contributed by atoms with van der Waals surface area (Å²) in [7, 11) is 1.74. The molecule has 2 rings (SSSR count). The lowest BCUT2D eigenvalue weighted by Crippen LogP contribution is -2.42. The van der Waals surface area contributed by atoms with Crippen LogP contribution in [0, 0.1) is 12.7 Å². The summed E-state index contributed by atoms with van der Waals surface area (Å²) in [5.41, 5.74) is 1.17. The largest absolute Gasteiger partial charge is 0.489 e. The summed E-state index contributed by atoms with van der Waals surface area (Å²) < 4.78 is 21.0. The van der Waals surface area contributed by atoms with Gasteiger partial charge in [-0.3, -0.25) is 9.67 Å². The highest BCUT2D eigenvalue weighted by molar-refractivity contribution is 5.79. The summed E-state index contributed by atoms with van der Waals surface area (Å²) in [6.07, 6.45) is 5.57. The van der Waals surface area contributed by atoms with Gasteiger partial charge in [0.05, 0.1) is 12.7 Å². The number of hydrogen-bond acceptors (Lipinski definition) is 3. The van der Waals surface area contributed by atoms with Gasteiger partial charge in [0.25, 0.3) is 0 Å². The molecule has 0 amide bonds. The number of benzene rings is 1. The molecule has 0 aliphatic rings. The Morgan fingerprint density at radius 1 is 1.38 bits per heavy atom. The topological polar surface area (TPSA) is 63.5 Å². The van der Waals surface area contributed by atoms with Crippen LogP contribution in [0.3, 0.4) is 0 Å². The third-order valence-electron chi connectivity index (χ3n) is 3.89. The van der Waals surface area contributed by atoms with Crippen molar-refractivity contribution in [3.63, 3.8) is 0 Å². The van der Waals surface area contributed by atoms with Crippen LogP contribution in [-0.4, -0.2) is 42.0 Å². The highest BCUT2D eigenvalue weighted by Crippen LogP contribution is 2.14. The Hall–Kier alpha value is -2.57. The molecule has 2 aromatic rings. The van der Waals surface area contributed by atoms with Crippen molar-refractivity contribution in [2.24, 2.45) is 4.99 Å². The minimum absolute atomic E-state index is 0.0672. The van der Waals surface area contributed by atoms with Gasteiger partial charge in [-0.1, -0.05) is 13.0 Å². The number of nitrogens with zero attached hydrogens (tertiary/aromatic N) is 3. The molecule has 142 valence electrons. The molecule has 1 atom stereocenters. The number of ether oxygens (including phenoxy) is 1. The molecule has 6 nitrogen and oxygen atoms in total. The van der Waals surface area contributed by atoms with Crippen LogP contribution in [0.4, 0.5) is 4.39 Å². The number of hydrogen-bond donors (Lipinski definition) is 2. The van der Waals surface area contributed by atoms with Crippen molar-refractivity contribution in [3.8, 4) is 5.75 Å². The summed E-state index contributed by atoms with van der Waals surface area (Å²) in [6, 6.07) is 6.21. The van der Waals surface area contributed by atoms with Gasteiger partial charge in [0.1, 0.15) is 17.7 Å². The van der Waals surface area contributed by atoms with Crippen LogP contribution in [-0.2, 0) is 6.54 Å². The van der Waals surface area contributed by atoms with E-state index in [0.717, 1.165) is 31.9 Å². The molecule has 1 aromatic carbocycles. The third-order valence-corrected chi connectivity index (χ3v) is 3.89. The summed E-state index contributed by atoms with van der Waals surface area (Å²) in [5, 5.41) is 10.8. The monoisotopic (exact) mass is 361 g/mol. The molecule has 1 heterocycles. The number of aliphatic imine (C=N–C) groups is 1. The van der Waals surface area contributed by atoms with E-state index in [1.165, 1.54) is 17.7 Å². The molecule has 0 spiro atoms. The summed E-state index contributed by atoms with van der Waals surface area (Å²) >= 11 is 0. The first kappa shape index (κ1) is 19.8. The van der Waals surface area contributed by atoms with Crippen molar-refractivity contribution in [3.05, 3.63) is 48.0 Å². The molecule has 0 fully saturated rings. The van der Waals surface area contributed by atoms with Crippen LogP contribution in [0.25, 0.3) is 0 Å². The van der Waals surface area contributed by atoms with Gasteiger partial charge in [0.15, 0.2) is 5.96 Å². The number of nitrogens with one attached hydrogen (secondary N) is 2. The standard InChI is InChI=1S/C19H28FN5O/c1-4-17(26-18-8-5-7-16(20)11-18)13-23-19(21-3)22-9-6-10-25-14-15(2)12-24-25/h5,7-8,11-12,14,17H,4,6,9-10,13H2,1-3H3,(H2,21,22,23). The quantitative estimate of drug-likeness (QED) is 0.410. The van der Waals surface area contributed by atoms with Crippen LogP contribution in [0.15, 0.2) is 41.7 Å². The molecule has 0 saturated carbocycles. The Labute approximate surface area is 154 Å². The SMILES string of the molecule is CCC(CNC(=NC)NCCCn1cc(C)cn1)Oc1cccc(F)c1. The molecule has 26 heavy (non-hydrogen) atoms. The van der Waals surface area contributed by atoms with Gasteiger partial charge in [0, 0.05) is 32.4 Å². The maximum atomic E-state index is 13.3. The number of aryl methyl sites for hydroxylation is 2. The predicted molar refractivity (Wildman–Crippen MR) is 102 cm³/mol. The van der Waals surface area contributed by atoms with Gasteiger partial charge in [-0.05, 0) is 37.5 Å². The van der Waals surface area contributed by atoms with E-state index in [0.29, 0.717) is 12.3 Å². The lowest BCUT2D eigenvalue weighted by atomic mass is 10.2. The fourth-order valence-corrected chi connectivity index (χ4v) is 2.47. The number of halogens is 1. The molecular weight excluding hydrogens is 333 g/mol. The molecule has 2 N–H and O–H groups in total. The van der Waals surface area contributed by atoms with Crippen molar-refractivity contribution in [2.75, 3.05) is 20.1 Å². The maximum absolute atomic E-state index is 13.3. The number of aromatic nitrogens is 2. The molecule has 1 unspecified atom stereocenters. The average Bonchev–Trinajstić information content (AvgIpc) is 3.05. The predicted octanol–water partition coefficient (Wildman–Crippen LogP) is 2.74. The highest BCUT2D eigenvalue weighted by atomic mass is 19.1. The lowest BCUT2D eigenvalue weighted by molar-refractivity contribution is 0.199. The maximum Gasteiger partial charge on any atom is 0.191 e. The van der Waals surface area contributed by atoms with Crippen LogP contribution in [0.2, 0.25) is 0 Å². The molecule has 0 radical (unpaired) electrons. The van der Waals surface area contributed by atoms with Crippen LogP contribution < -0.4 is 15.4 Å². The first-order chi connectivity index (χ1) is 12.6. The zero-order chi connectivity index (χ0) is 18.8. The van der Waals surface area contributed by atoms with Crippen molar-refractivity contribution in [1.82, 2.24) is 20.4 Å². The van der Waals surface area contributed by atoms with E-state index in [2.05, 4.69) is 20.7 Å². The molecule has 1 aromatic heterocycles. The first-order valence-electron chi connectivity index (χ1n) is 8.96. The zero-order valence-corrected chi connectivity index (χ0v) is 15.7. The Kier molecular flexibility index (Phi) is 7.92. The van der Waals surface area contributed by atoms with Crippen molar-refractivity contribution in [2.45, 2.75) is 39.3 Å². The number of rotatable bonds is 9. The molecule has 0 aliphatic carbocycles. The van der Waals surface area contributed by atoms with Gasteiger partial charge in [-0.2, -0.15) is 5.10 Å². The third kappa shape index (κ3) is 6.74. The molecule has 0 saturated heterocycles. The van der Waals surface area contributed by atoms with E-state index >= 15 is 0 Å². The normalized spacial score (nSPS) is 12.7. The second-order valence-electron chi connectivity index (χ2n) is 6.12. The summed E-state index contributed by atoms with van der Waals surface area (Å²) in [5.74, 6) is 0.967. The zero-order valence-electron chi connectivity index (χ0n) is 15.7. The highest BCUT2D eigenvalue weighted by Gasteiger charge is 2.10. The van der Waals surface area contributed by atoms with E-state index in [1.807, 2.05) is 30.9 Å².